The van der Waals surface area contributed by atoms with E-state index >= 15 is 0 Å². The molecule has 1 heterocycles. The molecule has 1 aromatic heterocycles. The molecule has 0 aliphatic heterocycles. The van der Waals surface area contributed by atoms with Gasteiger partial charge in [0.2, 0.25) is 0 Å². The fourth-order valence-electron chi connectivity index (χ4n) is 2.01. The smallest absolute Gasteiger partial charge is 0.266 e. The first-order valence-electron chi connectivity index (χ1n) is 6.28. The van der Waals surface area contributed by atoms with Crippen molar-refractivity contribution >= 4 is 6.21 Å². The molecule has 0 fully saturated rings. The second-order valence-electron chi connectivity index (χ2n) is 4.67. The molecule has 0 N–H and O–H groups in total. The third-order valence-electron chi connectivity index (χ3n) is 3.17. The van der Waals surface area contributed by atoms with Gasteiger partial charge >= 0.3 is 0 Å². The topological polar surface area (TPSA) is 58.1 Å². The van der Waals surface area contributed by atoms with Crippen LogP contribution in [-0.2, 0) is 0 Å². The summed E-state index contributed by atoms with van der Waals surface area (Å²) in [7, 11) is 0. The van der Waals surface area contributed by atoms with Crippen LogP contribution in [0, 0.1) is 32.1 Å². The van der Waals surface area contributed by atoms with Crippen LogP contribution in [0.1, 0.15) is 27.9 Å². The molecule has 0 saturated carbocycles. The Bertz CT molecular complexity index is 779. The summed E-state index contributed by atoms with van der Waals surface area (Å²) in [4.78, 5) is 12.2. The lowest BCUT2D eigenvalue weighted by Crippen LogP contribution is -2.22. The van der Waals surface area contributed by atoms with E-state index in [1.165, 1.54) is 4.68 Å². The molecular formula is C16H15N3O. The van der Waals surface area contributed by atoms with Gasteiger partial charge in [0.05, 0.1) is 6.21 Å². The van der Waals surface area contributed by atoms with E-state index in [-0.39, 0.29) is 11.1 Å². The van der Waals surface area contributed by atoms with Gasteiger partial charge in [0.1, 0.15) is 11.6 Å². The average molecular weight is 265 g/mol. The van der Waals surface area contributed by atoms with Crippen LogP contribution in [0.2, 0.25) is 0 Å². The number of rotatable bonds is 2. The first kappa shape index (κ1) is 13.8. The highest BCUT2D eigenvalue weighted by Gasteiger charge is 2.08. The molecule has 0 amide bonds. The zero-order chi connectivity index (χ0) is 14.7. The van der Waals surface area contributed by atoms with Gasteiger partial charge in [-0.25, -0.2) is 4.68 Å². The van der Waals surface area contributed by atoms with Crippen molar-refractivity contribution in [2.45, 2.75) is 20.8 Å². The summed E-state index contributed by atoms with van der Waals surface area (Å²) in [6.45, 7) is 5.53. The highest BCUT2D eigenvalue weighted by atomic mass is 16.1. The molecule has 0 aliphatic carbocycles. The first-order chi connectivity index (χ1) is 9.54. The van der Waals surface area contributed by atoms with Crippen molar-refractivity contribution in [1.82, 2.24) is 4.68 Å². The largest absolute Gasteiger partial charge is 0.289 e. The van der Waals surface area contributed by atoms with Gasteiger partial charge in [-0.15, -0.1) is 0 Å². The second kappa shape index (κ2) is 5.54. The number of pyridine rings is 1. The average Bonchev–Trinajstić information content (AvgIpc) is 2.40. The molecule has 0 spiro atoms. The Balaban J connectivity index is 2.53. The minimum absolute atomic E-state index is 0.137. The summed E-state index contributed by atoms with van der Waals surface area (Å²) in [5.41, 5.74) is 3.16. The summed E-state index contributed by atoms with van der Waals surface area (Å²) >= 11 is 0. The molecular weight excluding hydrogens is 250 g/mol. The maximum Gasteiger partial charge on any atom is 0.289 e. The van der Waals surface area contributed by atoms with E-state index in [4.69, 9.17) is 5.26 Å². The van der Waals surface area contributed by atoms with Crippen molar-refractivity contribution in [2.75, 3.05) is 0 Å². The molecule has 20 heavy (non-hydrogen) atoms. The van der Waals surface area contributed by atoms with Crippen molar-refractivity contribution in [2.24, 2.45) is 5.10 Å². The molecule has 0 saturated heterocycles. The fourth-order valence-corrected chi connectivity index (χ4v) is 2.01. The third kappa shape index (κ3) is 2.52. The minimum Gasteiger partial charge on any atom is -0.266 e. The van der Waals surface area contributed by atoms with Gasteiger partial charge in [0.15, 0.2) is 0 Å². The Morgan fingerprint density at radius 3 is 2.55 bits per heavy atom. The Hall–Kier alpha value is -2.67. The summed E-state index contributed by atoms with van der Waals surface area (Å²) in [5, 5.41) is 13.2. The van der Waals surface area contributed by atoms with E-state index in [2.05, 4.69) is 5.10 Å². The van der Waals surface area contributed by atoms with Gasteiger partial charge in [0, 0.05) is 5.69 Å². The molecule has 0 aliphatic rings. The van der Waals surface area contributed by atoms with Crippen LogP contribution in [0.4, 0.5) is 0 Å². The predicted molar refractivity (Wildman–Crippen MR) is 79.1 cm³/mol. The number of nitriles is 1. The monoisotopic (exact) mass is 265 g/mol. The van der Waals surface area contributed by atoms with Gasteiger partial charge in [-0.2, -0.15) is 10.4 Å². The van der Waals surface area contributed by atoms with Crippen LogP contribution >= 0.6 is 0 Å². The van der Waals surface area contributed by atoms with E-state index in [0.29, 0.717) is 11.3 Å². The predicted octanol–water partition coefficient (Wildman–Crippen LogP) is 2.53. The van der Waals surface area contributed by atoms with E-state index < -0.39 is 0 Å². The number of hydrogen-bond donors (Lipinski definition) is 0. The lowest BCUT2D eigenvalue weighted by Gasteiger charge is -2.06. The zero-order valence-electron chi connectivity index (χ0n) is 11.7. The molecule has 4 heteroatoms. The van der Waals surface area contributed by atoms with E-state index in [9.17, 15) is 4.79 Å². The fraction of sp³-hybridized carbons (Fsp3) is 0.188. The van der Waals surface area contributed by atoms with Crippen molar-refractivity contribution in [3.05, 3.63) is 68.6 Å². The molecule has 0 atom stereocenters. The lowest BCUT2D eigenvalue weighted by atomic mass is 10.1. The maximum atomic E-state index is 12.2. The molecule has 1 aromatic carbocycles. The van der Waals surface area contributed by atoms with Crippen molar-refractivity contribution in [3.8, 4) is 6.07 Å². The normalized spacial score (nSPS) is 10.7. The van der Waals surface area contributed by atoms with Crippen molar-refractivity contribution in [3.63, 3.8) is 0 Å². The summed E-state index contributed by atoms with van der Waals surface area (Å²) in [6.07, 6.45) is 1.64. The molecule has 0 unspecified atom stereocenters. The molecule has 0 bridgehead atoms. The Labute approximate surface area is 117 Å². The SMILES string of the molecule is Cc1ccccc1/C=N\n1c(C)cc(C)c(C#N)c1=O. The molecule has 4 nitrogen and oxygen atoms in total. The number of hydrogen-bond acceptors (Lipinski definition) is 3. The van der Waals surface area contributed by atoms with Crippen LogP contribution in [-0.4, -0.2) is 10.9 Å². The molecule has 0 radical (unpaired) electrons. The van der Waals surface area contributed by atoms with Crippen LogP contribution in [0.15, 0.2) is 40.2 Å². The summed E-state index contributed by atoms with van der Waals surface area (Å²) < 4.78 is 1.26. The highest BCUT2D eigenvalue weighted by molar-refractivity contribution is 5.81. The number of benzene rings is 1. The molecule has 100 valence electrons. The van der Waals surface area contributed by atoms with E-state index in [1.54, 1.807) is 26.1 Å². The van der Waals surface area contributed by atoms with Crippen LogP contribution in [0.5, 0.6) is 0 Å². The highest BCUT2D eigenvalue weighted by Crippen LogP contribution is 2.07. The van der Waals surface area contributed by atoms with Crippen LogP contribution in [0.25, 0.3) is 0 Å². The number of aromatic nitrogens is 1. The summed E-state index contributed by atoms with van der Waals surface area (Å²) in [6, 6.07) is 11.5. The lowest BCUT2D eigenvalue weighted by molar-refractivity contribution is 0.786. The number of nitrogens with zero attached hydrogens (tertiary/aromatic N) is 3. The van der Waals surface area contributed by atoms with Crippen molar-refractivity contribution in [1.29, 1.82) is 5.26 Å². The van der Waals surface area contributed by atoms with Gasteiger partial charge in [-0.3, -0.25) is 4.79 Å². The molecule has 2 rings (SSSR count). The Morgan fingerprint density at radius 2 is 1.90 bits per heavy atom. The standard InChI is InChI=1S/C16H15N3O/c1-11-6-4-5-7-14(11)10-18-19-13(3)8-12(2)15(9-17)16(19)20/h4-8,10H,1-3H3/b18-10-. The number of aryl methyl sites for hydroxylation is 3. The maximum absolute atomic E-state index is 12.2. The van der Waals surface area contributed by atoms with Crippen molar-refractivity contribution < 1.29 is 0 Å². The second-order valence-corrected chi connectivity index (χ2v) is 4.67. The van der Waals surface area contributed by atoms with E-state index in [0.717, 1.165) is 11.1 Å². The van der Waals surface area contributed by atoms with Gasteiger partial charge in [-0.05, 0) is 43.5 Å². The quantitative estimate of drug-likeness (QED) is 0.783. The zero-order valence-corrected chi connectivity index (χ0v) is 11.7. The minimum atomic E-state index is -0.380. The van der Waals surface area contributed by atoms with Gasteiger partial charge in [0.25, 0.3) is 5.56 Å². The molecule has 2 aromatic rings. The van der Waals surface area contributed by atoms with Gasteiger partial charge in [-0.1, -0.05) is 24.3 Å². The first-order valence-corrected chi connectivity index (χ1v) is 6.28. The summed E-state index contributed by atoms with van der Waals surface area (Å²) in [5.74, 6) is 0. The Kier molecular flexibility index (Phi) is 3.81. The van der Waals surface area contributed by atoms with Crippen LogP contribution in [0.3, 0.4) is 0 Å². The third-order valence-corrected chi connectivity index (χ3v) is 3.17. The van der Waals surface area contributed by atoms with E-state index in [1.807, 2.05) is 37.3 Å². The Morgan fingerprint density at radius 1 is 1.20 bits per heavy atom. The van der Waals surface area contributed by atoms with Gasteiger partial charge < -0.3 is 0 Å². The van der Waals surface area contributed by atoms with Crippen LogP contribution < -0.4 is 5.56 Å².